The molecule has 0 aliphatic heterocycles. The van der Waals surface area contributed by atoms with Crippen molar-refractivity contribution in [2.75, 3.05) is 6.61 Å². The lowest BCUT2D eigenvalue weighted by molar-refractivity contribution is -0.143. The molecule has 32 heavy (non-hydrogen) atoms. The first kappa shape index (κ1) is 27.1. The van der Waals surface area contributed by atoms with Gasteiger partial charge in [0, 0.05) is 6.42 Å². The molecule has 1 aromatic rings. The highest BCUT2D eigenvalue weighted by atomic mass is 16.4. The highest BCUT2D eigenvalue weighted by Crippen LogP contribution is 2.07. The third-order valence-electron chi connectivity index (χ3n) is 4.98. The Kier molecular flexibility index (Phi) is 10.8. The molecule has 0 aromatic heterocycles. The van der Waals surface area contributed by atoms with Crippen LogP contribution in [0.25, 0.3) is 0 Å². The lowest BCUT2D eigenvalue weighted by Crippen LogP contribution is -2.59. The van der Waals surface area contributed by atoms with Gasteiger partial charge in [0.15, 0.2) is 0 Å². The van der Waals surface area contributed by atoms with Crippen LogP contribution in [0.15, 0.2) is 30.3 Å². The van der Waals surface area contributed by atoms with E-state index in [2.05, 4.69) is 16.0 Å². The summed E-state index contributed by atoms with van der Waals surface area (Å²) in [6, 6.07) is 4.48. The summed E-state index contributed by atoms with van der Waals surface area (Å²) in [5, 5.41) is 26.2. The number of hydrogen-bond acceptors (Lipinski definition) is 6. The van der Waals surface area contributed by atoms with Crippen molar-refractivity contribution in [2.24, 2.45) is 17.6 Å². The Morgan fingerprint density at radius 1 is 0.844 bits per heavy atom. The van der Waals surface area contributed by atoms with Crippen LogP contribution in [0, 0.1) is 11.8 Å². The molecular weight excluding hydrogens is 416 g/mol. The Balaban J connectivity index is 2.99. The van der Waals surface area contributed by atoms with Crippen molar-refractivity contribution < 1.29 is 29.4 Å². The maximum absolute atomic E-state index is 12.9. The minimum absolute atomic E-state index is 0.132. The van der Waals surface area contributed by atoms with E-state index in [4.69, 9.17) is 5.73 Å². The maximum Gasteiger partial charge on any atom is 0.326 e. The number of carboxylic acid groups (broad SMARTS) is 1. The van der Waals surface area contributed by atoms with Crippen molar-refractivity contribution >= 4 is 23.7 Å². The molecule has 0 heterocycles. The van der Waals surface area contributed by atoms with Crippen molar-refractivity contribution in [1.29, 1.82) is 0 Å². The molecule has 4 atom stereocenters. The summed E-state index contributed by atoms with van der Waals surface area (Å²) in [5.41, 5.74) is 6.65. The number of nitrogens with one attached hydrogen (secondary N) is 3. The van der Waals surface area contributed by atoms with E-state index in [1.807, 2.05) is 6.07 Å². The van der Waals surface area contributed by atoms with Gasteiger partial charge in [-0.25, -0.2) is 4.79 Å². The van der Waals surface area contributed by atoms with Gasteiger partial charge in [-0.2, -0.15) is 0 Å². The standard InChI is InChI=1S/C22H34N4O6/c1-12(2)17(23)21(30)24-15(10-14-8-6-5-7-9-14)19(28)25-16(11-27)20(29)26-18(13(3)4)22(31)32/h5-9,12-13,15-18,27H,10-11,23H2,1-4H3,(H,24,30)(H,25,28)(H,26,29)(H,31,32). The van der Waals surface area contributed by atoms with Gasteiger partial charge in [-0.15, -0.1) is 0 Å². The van der Waals surface area contributed by atoms with Gasteiger partial charge in [0.2, 0.25) is 17.7 Å². The topological polar surface area (TPSA) is 171 Å². The van der Waals surface area contributed by atoms with Gasteiger partial charge in [-0.1, -0.05) is 58.0 Å². The van der Waals surface area contributed by atoms with Crippen LogP contribution < -0.4 is 21.7 Å². The monoisotopic (exact) mass is 450 g/mol. The number of amides is 3. The average molecular weight is 451 g/mol. The number of benzene rings is 1. The Morgan fingerprint density at radius 3 is 1.84 bits per heavy atom. The van der Waals surface area contributed by atoms with Crippen LogP contribution in [-0.4, -0.2) is 64.7 Å². The summed E-state index contributed by atoms with van der Waals surface area (Å²) in [6.07, 6.45) is 0.132. The molecule has 1 aromatic carbocycles. The van der Waals surface area contributed by atoms with Crippen LogP contribution in [0.1, 0.15) is 33.3 Å². The summed E-state index contributed by atoms with van der Waals surface area (Å²) in [7, 11) is 0. The molecule has 0 aliphatic rings. The molecule has 178 valence electrons. The Bertz CT molecular complexity index is 784. The van der Waals surface area contributed by atoms with Crippen LogP contribution in [-0.2, 0) is 25.6 Å². The molecule has 0 aliphatic carbocycles. The van der Waals surface area contributed by atoms with Gasteiger partial charge < -0.3 is 31.9 Å². The van der Waals surface area contributed by atoms with E-state index < -0.39 is 60.4 Å². The lowest BCUT2D eigenvalue weighted by atomic mass is 10.0. The van der Waals surface area contributed by atoms with Crippen LogP contribution in [0.4, 0.5) is 0 Å². The Labute approximate surface area is 187 Å². The molecule has 0 spiro atoms. The quantitative estimate of drug-likeness (QED) is 0.247. The third-order valence-corrected chi connectivity index (χ3v) is 4.98. The molecule has 0 saturated carbocycles. The molecule has 0 radical (unpaired) electrons. The van der Waals surface area contributed by atoms with Crippen LogP contribution in [0.2, 0.25) is 0 Å². The smallest absolute Gasteiger partial charge is 0.326 e. The zero-order valence-corrected chi connectivity index (χ0v) is 18.9. The minimum atomic E-state index is -1.39. The molecule has 0 fully saturated rings. The second-order valence-electron chi connectivity index (χ2n) is 8.33. The molecule has 7 N–H and O–H groups in total. The maximum atomic E-state index is 12.9. The van der Waals surface area contributed by atoms with E-state index in [0.29, 0.717) is 0 Å². The lowest BCUT2D eigenvalue weighted by Gasteiger charge is -2.25. The average Bonchev–Trinajstić information content (AvgIpc) is 2.74. The number of nitrogens with two attached hydrogens (primary N) is 1. The van der Waals surface area contributed by atoms with Crippen LogP contribution in [0.3, 0.4) is 0 Å². The molecular formula is C22H34N4O6. The fourth-order valence-electron chi connectivity index (χ4n) is 2.86. The third kappa shape index (κ3) is 8.27. The summed E-state index contributed by atoms with van der Waals surface area (Å²) >= 11 is 0. The van der Waals surface area contributed by atoms with Crippen molar-refractivity contribution in [1.82, 2.24) is 16.0 Å². The molecule has 0 bridgehead atoms. The summed E-state index contributed by atoms with van der Waals surface area (Å²) in [5.74, 6) is -3.86. The second kappa shape index (κ2) is 12.8. The predicted molar refractivity (Wildman–Crippen MR) is 118 cm³/mol. The largest absolute Gasteiger partial charge is 0.480 e. The fourth-order valence-corrected chi connectivity index (χ4v) is 2.86. The number of aliphatic hydroxyl groups excluding tert-OH is 1. The van der Waals surface area contributed by atoms with Crippen molar-refractivity contribution in [3.8, 4) is 0 Å². The van der Waals surface area contributed by atoms with E-state index >= 15 is 0 Å². The van der Waals surface area contributed by atoms with Gasteiger partial charge in [0.25, 0.3) is 0 Å². The molecule has 10 nitrogen and oxygen atoms in total. The second-order valence-corrected chi connectivity index (χ2v) is 8.33. The van der Waals surface area contributed by atoms with Gasteiger partial charge >= 0.3 is 5.97 Å². The van der Waals surface area contributed by atoms with Gasteiger partial charge in [0.1, 0.15) is 18.1 Å². The Morgan fingerprint density at radius 2 is 1.38 bits per heavy atom. The van der Waals surface area contributed by atoms with E-state index in [1.54, 1.807) is 52.0 Å². The highest BCUT2D eigenvalue weighted by molar-refractivity contribution is 5.94. The molecule has 0 saturated heterocycles. The zero-order chi connectivity index (χ0) is 24.4. The van der Waals surface area contributed by atoms with Gasteiger partial charge in [-0.05, 0) is 17.4 Å². The van der Waals surface area contributed by atoms with Crippen molar-refractivity contribution in [3.05, 3.63) is 35.9 Å². The Hall–Kier alpha value is -2.98. The minimum Gasteiger partial charge on any atom is -0.480 e. The first-order valence-electron chi connectivity index (χ1n) is 10.5. The van der Waals surface area contributed by atoms with E-state index in [0.717, 1.165) is 5.56 Å². The van der Waals surface area contributed by atoms with Crippen LogP contribution in [0.5, 0.6) is 0 Å². The van der Waals surface area contributed by atoms with E-state index in [1.165, 1.54) is 0 Å². The summed E-state index contributed by atoms with van der Waals surface area (Å²) in [4.78, 5) is 49.2. The zero-order valence-electron chi connectivity index (χ0n) is 18.9. The number of hydrogen-bond donors (Lipinski definition) is 6. The normalized spacial score (nSPS) is 14.9. The first-order valence-corrected chi connectivity index (χ1v) is 10.5. The molecule has 3 amide bonds. The number of carbonyl (C=O) groups excluding carboxylic acids is 3. The summed E-state index contributed by atoms with van der Waals surface area (Å²) in [6.45, 7) is 6.04. The number of aliphatic carboxylic acids is 1. The van der Waals surface area contributed by atoms with Crippen molar-refractivity contribution in [2.45, 2.75) is 58.3 Å². The van der Waals surface area contributed by atoms with E-state index in [9.17, 15) is 29.4 Å². The molecule has 10 heteroatoms. The molecule has 1 rings (SSSR count). The van der Waals surface area contributed by atoms with Crippen molar-refractivity contribution in [3.63, 3.8) is 0 Å². The van der Waals surface area contributed by atoms with Crippen LogP contribution >= 0.6 is 0 Å². The fraction of sp³-hybridized carbons (Fsp3) is 0.545. The van der Waals surface area contributed by atoms with Gasteiger partial charge in [-0.3, -0.25) is 14.4 Å². The molecule has 4 unspecified atom stereocenters. The highest BCUT2D eigenvalue weighted by Gasteiger charge is 2.31. The number of aliphatic hydroxyl groups is 1. The predicted octanol–water partition coefficient (Wildman–Crippen LogP) is -0.600. The first-order chi connectivity index (χ1) is 15.0. The van der Waals surface area contributed by atoms with Gasteiger partial charge in [0.05, 0.1) is 12.6 Å². The summed E-state index contributed by atoms with van der Waals surface area (Å²) < 4.78 is 0. The van der Waals surface area contributed by atoms with E-state index in [-0.39, 0.29) is 12.3 Å². The number of carboxylic acids is 1. The number of rotatable bonds is 12. The number of carbonyl (C=O) groups is 4. The SMILES string of the molecule is CC(C)C(N)C(=O)NC(Cc1ccccc1)C(=O)NC(CO)C(=O)NC(C(=O)O)C(C)C.